The molecule has 0 saturated heterocycles. The highest BCUT2D eigenvalue weighted by atomic mass is 32.1. The van der Waals surface area contributed by atoms with Gasteiger partial charge in [0.2, 0.25) is 0 Å². The van der Waals surface area contributed by atoms with E-state index >= 15 is 0 Å². The monoisotopic (exact) mass is 252 g/mol. The zero-order valence-corrected chi connectivity index (χ0v) is 11.4. The summed E-state index contributed by atoms with van der Waals surface area (Å²) in [6.45, 7) is 7.42. The molecule has 0 unspecified atom stereocenters. The lowest BCUT2D eigenvalue weighted by Crippen LogP contribution is -2.34. The molecule has 16 heavy (non-hydrogen) atoms. The van der Waals surface area contributed by atoms with Gasteiger partial charge in [-0.1, -0.05) is 6.07 Å². The number of thiazole rings is 1. The predicted molar refractivity (Wildman–Crippen MR) is 72.0 cm³/mol. The van der Waals surface area contributed by atoms with Crippen LogP contribution in [0.2, 0.25) is 0 Å². The van der Waals surface area contributed by atoms with Crippen LogP contribution in [-0.2, 0) is 6.54 Å². The molecule has 0 aromatic carbocycles. The fourth-order valence-electron chi connectivity index (χ4n) is 1.26. The number of nitrogens with zero attached hydrogens (tertiary/aromatic N) is 1. The van der Waals surface area contributed by atoms with E-state index in [4.69, 9.17) is 0 Å². The molecule has 2 aromatic heterocycles. The van der Waals surface area contributed by atoms with Crippen molar-refractivity contribution in [2.45, 2.75) is 32.9 Å². The van der Waals surface area contributed by atoms with Gasteiger partial charge >= 0.3 is 0 Å². The van der Waals surface area contributed by atoms with Crippen LogP contribution in [0, 0.1) is 0 Å². The summed E-state index contributed by atoms with van der Waals surface area (Å²) >= 11 is 3.51. The second-order valence-electron chi connectivity index (χ2n) is 4.71. The van der Waals surface area contributed by atoms with Gasteiger partial charge in [-0.15, -0.1) is 22.7 Å². The minimum atomic E-state index is 0.160. The van der Waals surface area contributed by atoms with Crippen molar-refractivity contribution in [3.05, 3.63) is 28.6 Å². The summed E-state index contributed by atoms with van der Waals surface area (Å²) in [6.07, 6.45) is 1.97. The number of hydrogen-bond donors (Lipinski definition) is 1. The van der Waals surface area contributed by atoms with E-state index in [1.54, 1.807) is 22.7 Å². The van der Waals surface area contributed by atoms with Gasteiger partial charge in [-0.2, -0.15) is 0 Å². The number of thiophene rings is 1. The van der Waals surface area contributed by atoms with Crippen molar-refractivity contribution in [2.24, 2.45) is 0 Å². The van der Waals surface area contributed by atoms with Crippen molar-refractivity contribution in [3.8, 4) is 9.88 Å². The molecule has 1 N–H and O–H groups in total. The first kappa shape index (κ1) is 11.8. The Morgan fingerprint density at radius 2 is 2.19 bits per heavy atom. The lowest BCUT2D eigenvalue weighted by Gasteiger charge is -2.19. The molecular weight excluding hydrogens is 236 g/mol. The van der Waals surface area contributed by atoms with Crippen molar-refractivity contribution in [2.75, 3.05) is 0 Å². The Balaban J connectivity index is 2.03. The van der Waals surface area contributed by atoms with Gasteiger partial charge in [0.15, 0.2) is 0 Å². The normalized spacial score (nSPS) is 11.9. The van der Waals surface area contributed by atoms with Gasteiger partial charge in [-0.05, 0) is 32.2 Å². The highest BCUT2D eigenvalue weighted by Gasteiger charge is 2.10. The van der Waals surface area contributed by atoms with Crippen LogP contribution in [0.5, 0.6) is 0 Å². The first-order chi connectivity index (χ1) is 7.54. The number of rotatable bonds is 3. The van der Waals surface area contributed by atoms with Crippen molar-refractivity contribution >= 4 is 22.7 Å². The third-order valence-corrected chi connectivity index (χ3v) is 4.11. The molecule has 86 valence electrons. The molecule has 2 heterocycles. The fraction of sp³-hybridized carbons (Fsp3) is 0.417. The van der Waals surface area contributed by atoms with Gasteiger partial charge in [-0.3, -0.25) is 0 Å². The average Bonchev–Trinajstić information content (AvgIpc) is 2.84. The summed E-state index contributed by atoms with van der Waals surface area (Å²) < 4.78 is 0. The number of nitrogens with one attached hydrogen (secondary N) is 1. The molecule has 0 aliphatic carbocycles. The van der Waals surface area contributed by atoms with E-state index in [9.17, 15) is 0 Å². The van der Waals surface area contributed by atoms with E-state index in [1.807, 2.05) is 6.20 Å². The third kappa shape index (κ3) is 3.14. The summed E-state index contributed by atoms with van der Waals surface area (Å²) in [7, 11) is 0. The molecule has 0 fully saturated rings. The van der Waals surface area contributed by atoms with Crippen molar-refractivity contribution < 1.29 is 0 Å². The zero-order chi connectivity index (χ0) is 11.6. The largest absolute Gasteiger partial charge is 0.307 e. The summed E-state index contributed by atoms with van der Waals surface area (Å²) in [4.78, 5) is 6.99. The molecular formula is C12H16N2S2. The lowest BCUT2D eigenvalue weighted by molar-refractivity contribution is 0.426. The average molecular weight is 252 g/mol. The number of aromatic nitrogens is 1. The highest BCUT2D eigenvalue weighted by molar-refractivity contribution is 7.20. The van der Waals surface area contributed by atoms with Gasteiger partial charge in [0.1, 0.15) is 5.01 Å². The first-order valence-electron chi connectivity index (χ1n) is 5.28. The van der Waals surface area contributed by atoms with Crippen LogP contribution < -0.4 is 5.32 Å². The van der Waals surface area contributed by atoms with Gasteiger partial charge in [0.05, 0.1) is 4.88 Å². The maximum atomic E-state index is 4.45. The molecule has 2 aromatic rings. The molecule has 0 aliphatic rings. The Labute approximate surface area is 104 Å². The van der Waals surface area contributed by atoms with Gasteiger partial charge in [-0.25, -0.2) is 4.98 Å². The molecule has 0 aliphatic heterocycles. The molecule has 0 radical (unpaired) electrons. The summed E-state index contributed by atoms with van der Waals surface area (Å²) in [5.74, 6) is 0. The van der Waals surface area contributed by atoms with Crippen molar-refractivity contribution in [1.82, 2.24) is 10.3 Å². The van der Waals surface area contributed by atoms with E-state index in [1.165, 1.54) is 9.75 Å². The summed E-state index contributed by atoms with van der Waals surface area (Å²) in [5, 5.41) is 6.68. The molecule has 2 nitrogen and oxygen atoms in total. The first-order valence-corrected chi connectivity index (χ1v) is 6.98. The molecule has 0 atom stereocenters. The Morgan fingerprint density at radius 1 is 1.38 bits per heavy atom. The highest BCUT2D eigenvalue weighted by Crippen LogP contribution is 2.28. The van der Waals surface area contributed by atoms with Crippen LogP contribution >= 0.6 is 22.7 Å². The fourth-order valence-corrected chi connectivity index (χ4v) is 2.91. The molecule has 0 saturated carbocycles. The molecule has 0 bridgehead atoms. The van der Waals surface area contributed by atoms with Gasteiger partial charge in [0.25, 0.3) is 0 Å². The zero-order valence-electron chi connectivity index (χ0n) is 9.78. The van der Waals surface area contributed by atoms with E-state index in [0.29, 0.717) is 0 Å². The molecule has 0 spiro atoms. The second kappa shape index (κ2) is 4.65. The van der Waals surface area contributed by atoms with Crippen LogP contribution in [-0.4, -0.2) is 10.5 Å². The van der Waals surface area contributed by atoms with Crippen LogP contribution in [0.3, 0.4) is 0 Å². The van der Waals surface area contributed by atoms with Crippen molar-refractivity contribution in [1.29, 1.82) is 0 Å². The standard InChI is InChI=1S/C12H16N2S2/c1-12(2,3)14-8-9-7-13-11(16-9)10-5-4-6-15-10/h4-7,14H,8H2,1-3H3. The SMILES string of the molecule is CC(C)(C)NCc1cnc(-c2cccs2)s1. The van der Waals surface area contributed by atoms with Crippen molar-refractivity contribution in [3.63, 3.8) is 0 Å². The molecule has 0 amide bonds. The Bertz CT molecular complexity index is 438. The van der Waals surface area contributed by atoms with Crippen LogP contribution in [0.4, 0.5) is 0 Å². The Morgan fingerprint density at radius 3 is 2.81 bits per heavy atom. The third-order valence-electron chi connectivity index (χ3n) is 2.08. The lowest BCUT2D eigenvalue weighted by atomic mass is 10.1. The maximum absolute atomic E-state index is 4.45. The Hall–Kier alpha value is -0.710. The topological polar surface area (TPSA) is 24.9 Å². The van der Waals surface area contributed by atoms with Crippen LogP contribution in [0.25, 0.3) is 9.88 Å². The predicted octanol–water partition coefficient (Wildman–Crippen LogP) is 3.76. The van der Waals surface area contributed by atoms with E-state index in [2.05, 4.69) is 48.6 Å². The van der Waals surface area contributed by atoms with Crippen LogP contribution in [0.15, 0.2) is 23.7 Å². The quantitative estimate of drug-likeness (QED) is 0.899. The van der Waals surface area contributed by atoms with Crippen LogP contribution in [0.1, 0.15) is 25.6 Å². The summed E-state index contributed by atoms with van der Waals surface area (Å²) in [5.41, 5.74) is 0.160. The van der Waals surface area contributed by atoms with E-state index in [-0.39, 0.29) is 5.54 Å². The number of hydrogen-bond acceptors (Lipinski definition) is 4. The maximum Gasteiger partial charge on any atom is 0.133 e. The second-order valence-corrected chi connectivity index (χ2v) is 6.78. The molecule has 4 heteroatoms. The van der Waals surface area contributed by atoms with Gasteiger partial charge in [0, 0.05) is 23.2 Å². The minimum absolute atomic E-state index is 0.160. The molecule has 2 rings (SSSR count). The van der Waals surface area contributed by atoms with E-state index in [0.717, 1.165) is 11.6 Å². The minimum Gasteiger partial charge on any atom is -0.307 e. The van der Waals surface area contributed by atoms with Gasteiger partial charge < -0.3 is 5.32 Å². The smallest absolute Gasteiger partial charge is 0.133 e. The Kier molecular flexibility index (Phi) is 3.42. The van der Waals surface area contributed by atoms with E-state index < -0.39 is 0 Å². The summed E-state index contributed by atoms with van der Waals surface area (Å²) in [6, 6.07) is 4.18.